The van der Waals surface area contributed by atoms with Gasteiger partial charge in [0.15, 0.2) is 5.06 Å². The summed E-state index contributed by atoms with van der Waals surface area (Å²) >= 11 is 1.48. The number of nitrogens with two attached hydrogens (primary N) is 1. The number of nitrogens with zero attached hydrogens (tertiary/aromatic N) is 2. The fourth-order valence-corrected chi connectivity index (χ4v) is 3.82. The quantitative estimate of drug-likeness (QED) is 0.351. The highest BCUT2D eigenvalue weighted by molar-refractivity contribution is 7.13. The molecule has 4 rings (SSSR count). The Kier molecular flexibility index (Phi) is 6.94. The summed E-state index contributed by atoms with van der Waals surface area (Å²) in [5.41, 5.74) is 7.36. The van der Waals surface area contributed by atoms with Crippen molar-refractivity contribution in [3.63, 3.8) is 0 Å². The lowest BCUT2D eigenvalue weighted by Gasteiger charge is -2.09. The summed E-state index contributed by atoms with van der Waals surface area (Å²) in [6.45, 7) is 1.05. The van der Waals surface area contributed by atoms with Crippen LogP contribution >= 0.6 is 11.3 Å². The second kappa shape index (κ2) is 10.4. The highest BCUT2D eigenvalue weighted by Crippen LogP contribution is 2.29. The first kappa shape index (κ1) is 21.3. The Balaban J connectivity index is 1.28. The summed E-state index contributed by atoms with van der Waals surface area (Å²) in [4.78, 5) is 22.1. The molecule has 1 amide bonds. The summed E-state index contributed by atoms with van der Waals surface area (Å²) in [6, 6.07) is 22.6. The maximum Gasteiger partial charge on any atom is 0.255 e. The zero-order valence-electron chi connectivity index (χ0n) is 17.3. The van der Waals surface area contributed by atoms with Crippen molar-refractivity contribution in [1.82, 2.24) is 15.3 Å². The number of carbonyl (C=O) groups excluding carboxylic acids is 1. The molecule has 0 radical (unpaired) electrons. The van der Waals surface area contributed by atoms with Crippen LogP contribution < -0.4 is 21.1 Å². The van der Waals surface area contributed by atoms with Gasteiger partial charge in [0.2, 0.25) is 0 Å². The first-order chi connectivity index (χ1) is 15.7. The lowest BCUT2D eigenvalue weighted by Crippen LogP contribution is -2.24. The van der Waals surface area contributed by atoms with Crippen LogP contribution in [0.5, 0.6) is 10.8 Å². The molecule has 4 aromatic rings. The van der Waals surface area contributed by atoms with Gasteiger partial charge in [0.25, 0.3) is 5.91 Å². The van der Waals surface area contributed by atoms with E-state index in [9.17, 15) is 4.79 Å². The zero-order chi connectivity index (χ0) is 22.2. The first-order valence-corrected chi connectivity index (χ1v) is 11.0. The fraction of sp³-hybridized carbons (Fsp3) is 0.125. The van der Waals surface area contributed by atoms with Crippen molar-refractivity contribution in [2.75, 3.05) is 17.6 Å². The first-order valence-electron chi connectivity index (χ1n) is 10.2. The Morgan fingerprint density at radius 2 is 1.84 bits per heavy atom. The van der Waals surface area contributed by atoms with Gasteiger partial charge in [-0.25, -0.2) is 4.98 Å². The molecule has 3 aromatic heterocycles. The molecule has 0 saturated carbocycles. The number of aromatic nitrogens is 2. The number of hydrogen-bond donors (Lipinski definition) is 3. The molecule has 0 spiro atoms. The van der Waals surface area contributed by atoms with E-state index in [1.807, 2.05) is 60.7 Å². The van der Waals surface area contributed by atoms with Gasteiger partial charge < -0.3 is 21.1 Å². The van der Waals surface area contributed by atoms with Crippen LogP contribution in [0.4, 0.5) is 11.6 Å². The molecule has 0 unspecified atom stereocenters. The second-order valence-electron chi connectivity index (χ2n) is 6.95. The van der Waals surface area contributed by atoms with Gasteiger partial charge in [-0.1, -0.05) is 24.3 Å². The summed E-state index contributed by atoms with van der Waals surface area (Å²) in [6.07, 6.45) is 2.54. The maximum atomic E-state index is 12.6. The molecule has 0 bridgehead atoms. The third-order valence-corrected chi connectivity index (χ3v) is 5.57. The molecule has 8 heteroatoms. The number of nitrogens with one attached hydrogen (secondary N) is 2. The van der Waals surface area contributed by atoms with E-state index in [0.717, 1.165) is 27.8 Å². The van der Waals surface area contributed by atoms with Crippen LogP contribution in [0.3, 0.4) is 0 Å². The van der Waals surface area contributed by atoms with Gasteiger partial charge in [0.1, 0.15) is 17.4 Å². The van der Waals surface area contributed by atoms with E-state index in [2.05, 4.69) is 20.6 Å². The number of carbonyl (C=O) groups is 1. The molecule has 0 saturated heterocycles. The SMILES string of the molecule is Nc1nc(NCCc2ccccn2)ccc1C(=O)NCc1ccc(Oc2ccccc2)s1. The largest absolute Gasteiger partial charge is 0.447 e. The Labute approximate surface area is 190 Å². The second-order valence-corrected chi connectivity index (χ2v) is 8.08. The van der Waals surface area contributed by atoms with Crippen molar-refractivity contribution >= 4 is 28.9 Å². The summed E-state index contributed by atoms with van der Waals surface area (Å²) in [7, 11) is 0. The van der Waals surface area contributed by atoms with E-state index in [-0.39, 0.29) is 11.7 Å². The van der Waals surface area contributed by atoms with Crippen molar-refractivity contribution in [2.24, 2.45) is 0 Å². The van der Waals surface area contributed by atoms with Crippen LogP contribution in [-0.4, -0.2) is 22.4 Å². The number of rotatable bonds is 9. The van der Waals surface area contributed by atoms with E-state index in [1.165, 1.54) is 11.3 Å². The van der Waals surface area contributed by atoms with Gasteiger partial charge in [-0.3, -0.25) is 9.78 Å². The van der Waals surface area contributed by atoms with Crippen molar-refractivity contribution in [3.05, 3.63) is 95.1 Å². The minimum atomic E-state index is -0.269. The van der Waals surface area contributed by atoms with Gasteiger partial charge >= 0.3 is 0 Å². The summed E-state index contributed by atoms with van der Waals surface area (Å²) < 4.78 is 5.81. The molecule has 32 heavy (non-hydrogen) atoms. The molecule has 1 aromatic carbocycles. The third-order valence-electron chi connectivity index (χ3n) is 4.60. The smallest absolute Gasteiger partial charge is 0.255 e. The molecule has 162 valence electrons. The molecule has 0 aliphatic carbocycles. The molecule has 0 atom stereocenters. The van der Waals surface area contributed by atoms with Crippen molar-refractivity contribution < 1.29 is 9.53 Å². The summed E-state index contributed by atoms with van der Waals surface area (Å²) in [5, 5.41) is 6.86. The van der Waals surface area contributed by atoms with Gasteiger partial charge in [0, 0.05) is 29.7 Å². The number of hydrogen-bond acceptors (Lipinski definition) is 7. The molecule has 0 fully saturated rings. The van der Waals surface area contributed by atoms with Crippen LogP contribution in [-0.2, 0) is 13.0 Å². The number of amides is 1. The number of para-hydroxylation sites is 1. The lowest BCUT2D eigenvalue weighted by molar-refractivity contribution is 0.0952. The Morgan fingerprint density at radius 3 is 2.62 bits per heavy atom. The van der Waals surface area contributed by atoms with Crippen LogP contribution in [0.2, 0.25) is 0 Å². The van der Waals surface area contributed by atoms with Crippen LogP contribution in [0.15, 0.2) is 79.0 Å². The predicted molar refractivity (Wildman–Crippen MR) is 127 cm³/mol. The third kappa shape index (κ3) is 5.83. The van der Waals surface area contributed by atoms with E-state index in [4.69, 9.17) is 10.5 Å². The average Bonchev–Trinajstić information content (AvgIpc) is 3.26. The normalized spacial score (nSPS) is 10.5. The maximum absolute atomic E-state index is 12.6. The molecular weight excluding hydrogens is 422 g/mol. The minimum Gasteiger partial charge on any atom is -0.447 e. The number of benzene rings is 1. The monoisotopic (exact) mass is 445 g/mol. The topological polar surface area (TPSA) is 102 Å². The van der Waals surface area contributed by atoms with Gasteiger partial charge in [-0.15, -0.1) is 11.3 Å². The van der Waals surface area contributed by atoms with Gasteiger partial charge in [-0.2, -0.15) is 0 Å². The number of nitrogen functional groups attached to an aromatic ring is 1. The zero-order valence-corrected chi connectivity index (χ0v) is 18.1. The predicted octanol–water partition coefficient (Wildman–Crippen LogP) is 4.50. The molecular formula is C24H23N5O2S. The average molecular weight is 446 g/mol. The van der Waals surface area contributed by atoms with Crippen molar-refractivity contribution in [3.8, 4) is 10.8 Å². The van der Waals surface area contributed by atoms with E-state index < -0.39 is 0 Å². The Bertz CT molecular complexity index is 1170. The number of anilines is 2. The molecule has 7 nitrogen and oxygen atoms in total. The summed E-state index contributed by atoms with van der Waals surface area (Å²) in [5.74, 6) is 1.31. The van der Waals surface area contributed by atoms with Crippen LogP contribution in [0.1, 0.15) is 20.9 Å². The number of thiophene rings is 1. The number of pyridine rings is 2. The molecule has 0 aliphatic heterocycles. The molecule has 0 aliphatic rings. The van der Waals surface area contributed by atoms with E-state index >= 15 is 0 Å². The Morgan fingerprint density at radius 1 is 1.00 bits per heavy atom. The number of ether oxygens (including phenoxy) is 1. The molecule has 3 heterocycles. The lowest BCUT2D eigenvalue weighted by atomic mass is 10.2. The van der Waals surface area contributed by atoms with Crippen molar-refractivity contribution in [2.45, 2.75) is 13.0 Å². The van der Waals surface area contributed by atoms with Crippen LogP contribution in [0, 0.1) is 0 Å². The van der Waals surface area contributed by atoms with E-state index in [0.29, 0.717) is 24.5 Å². The Hall–Kier alpha value is -3.91. The van der Waals surface area contributed by atoms with Crippen molar-refractivity contribution in [1.29, 1.82) is 0 Å². The van der Waals surface area contributed by atoms with Gasteiger partial charge in [-0.05, 0) is 48.5 Å². The van der Waals surface area contributed by atoms with E-state index in [1.54, 1.807) is 18.3 Å². The fourth-order valence-electron chi connectivity index (χ4n) is 3.01. The van der Waals surface area contributed by atoms with Gasteiger partial charge in [0.05, 0.1) is 12.1 Å². The molecule has 4 N–H and O–H groups in total. The minimum absolute atomic E-state index is 0.185. The highest BCUT2D eigenvalue weighted by atomic mass is 32.1. The standard InChI is InChI=1S/C24H23N5O2S/c25-23-20(10-11-21(29-23)27-15-13-17-6-4-5-14-26-17)24(30)28-16-19-9-12-22(32-19)31-18-7-2-1-3-8-18/h1-12,14H,13,15-16H2,(H,28,30)(H3,25,27,29). The van der Waals surface area contributed by atoms with Crippen LogP contribution in [0.25, 0.3) is 0 Å². The highest BCUT2D eigenvalue weighted by Gasteiger charge is 2.12.